The molecule has 2 unspecified atom stereocenters. The molecule has 1 saturated carbocycles. The average Bonchev–Trinajstić information content (AvgIpc) is 3.05. The van der Waals surface area contributed by atoms with Crippen LogP contribution in [0.2, 0.25) is 0 Å². The van der Waals surface area contributed by atoms with Crippen LogP contribution in [0.25, 0.3) is 0 Å². The lowest BCUT2D eigenvalue weighted by molar-refractivity contribution is 0.0776. The van der Waals surface area contributed by atoms with E-state index in [1.54, 1.807) is 11.0 Å². The van der Waals surface area contributed by atoms with Crippen LogP contribution in [0, 0.1) is 29.5 Å². The van der Waals surface area contributed by atoms with E-state index in [-0.39, 0.29) is 18.0 Å². The van der Waals surface area contributed by atoms with E-state index in [1.807, 2.05) is 0 Å². The summed E-state index contributed by atoms with van der Waals surface area (Å²) in [4.78, 5) is 14.3. The molecule has 3 rings (SSSR count). The van der Waals surface area contributed by atoms with Crippen molar-refractivity contribution in [2.45, 2.75) is 19.3 Å². The number of hydrogen-bond acceptors (Lipinski definition) is 2. The minimum absolute atomic E-state index is 0.147. The highest BCUT2D eigenvalue weighted by Crippen LogP contribution is 2.38. The molecule has 2 atom stereocenters. The van der Waals surface area contributed by atoms with Gasteiger partial charge in [-0.3, -0.25) is 4.79 Å². The van der Waals surface area contributed by atoms with Crippen LogP contribution < -0.4 is 5.73 Å². The Hall–Kier alpha value is -1.86. The van der Waals surface area contributed by atoms with Gasteiger partial charge in [-0.2, -0.15) is 0 Å². The van der Waals surface area contributed by atoms with Gasteiger partial charge in [0.05, 0.1) is 12.1 Å². The Morgan fingerprint density at radius 1 is 1.33 bits per heavy atom. The number of likely N-dealkylation sites (tertiary alicyclic amines) is 1. The first kappa shape index (κ1) is 14.1. The van der Waals surface area contributed by atoms with Gasteiger partial charge in [-0.1, -0.05) is 18.3 Å². The Morgan fingerprint density at radius 2 is 2.05 bits per heavy atom. The molecule has 1 aliphatic heterocycles. The number of carbonyl (C=O) groups excluding carboxylic acids is 1. The molecule has 0 bridgehead atoms. The quantitative estimate of drug-likeness (QED) is 0.803. The van der Waals surface area contributed by atoms with Crippen LogP contribution >= 0.6 is 0 Å². The molecular formula is C17H19FN2O. The molecule has 1 aromatic carbocycles. The van der Waals surface area contributed by atoms with Gasteiger partial charge in [0, 0.05) is 18.7 Å². The summed E-state index contributed by atoms with van der Waals surface area (Å²) in [7, 11) is 0. The Bertz CT molecular complexity index is 605. The first-order valence-electron chi connectivity index (χ1n) is 7.47. The molecule has 3 nitrogen and oxygen atoms in total. The average molecular weight is 286 g/mol. The monoisotopic (exact) mass is 286 g/mol. The molecule has 0 spiro atoms. The summed E-state index contributed by atoms with van der Waals surface area (Å²) in [6, 6.07) is 4.52. The predicted octanol–water partition coefficient (Wildman–Crippen LogP) is 2.01. The summed E-state index contributed by atoms with van der Waals surface area (Å²) in [6.45, 7) is 1.79. The fourth-order valence-electron chi connectivity index (χ4n) is 3.49. The number of amides is 1. The van der Waals surface area contributed by atoms with Crippen LogP contribution in [-0.2, 0) is 0 Å². The van der Waals surface area contributed by atoms with Crippen molar-refractivity contribution in [2.75, 3.05) is 19.6 Å². The molecule has 2 aliphatic rings. The largest absolute Gasteiger partial charge is 0.338 e. The summed E-state index contributed by atoms with van der Waals surface area (Å²) in [6.07, 6.45) is 3.66. The van der Waals surface area contributed by atoms with Crippen molar-refractivity contribution in [3.8, 4) is 11.8 Å². The zero-order valence-corrected chi connectivity index (χ0v) is 11.9. The predicted molar refractivity (Wildman–Crippen MR) is 79.1 cm³/mol. The molecule has 1 heterocycles. The summed E-state index contributed by atoms with van der Waals surface area (Å²) >= 11 is 0. The van der Waals surface area contributed by atoms with Crippen molar-refractivity contribution in [2.24, 2.45) is 17.6 Å². The molecule has 110 valence electrons. The second kappa shape index (κ2) is 5.87. The van der Waals surface area contributed by atoms with Crippen LogP contribution in [0.4, 0.5) is 4.39 Å². The molecule has 0 radical (unpaired) electrons. The summed E-state index contributed by atoms with van der Waals surface area (Å²) in [5, 5.41) is 0. The smallest absolute Gasteiger partial charge is 0.256 e. The van der Waals surface area contributed by atoms with Crippen molar-refractivity contribution >= 4 is 5.91 Å². The minimum Gasteiger partial charge on any atom is -0.338 e. The topological polar surface area (TPSA) is 46.3 Å². The number of rotatable bonds is 1. The third-order valence-corrected chi connectivity index (χ3v) is 4.55. The van der Waals surface area contributed by atoms with Gasteiger partial charge in [0.15, 0.2) is 0 Å². The van der Waals surface area contributed by atoms with Crippen LogP contribution in [0.1, 0.15) is 35.2 Å². The van der Waals surface area contributed by atoms with E-state index < -0.39 is 5.82 Å². The fraction of sp³-hybridized carbons (Fsp3) is 0.471. The highest BCUT2D eigenvalue weighted by molar-refractivity contribution is 5.94. The number of benzene rings is 1. The van der Waals surface area contributed by atoms with Gasteiger partial charge in [0.25, 0.3) is 5.91 Å². The molecule has 2 fully saturated rings. The molecule has 1 aromatic rings. The lowest BCUT2D eigenvalue weighted by atomic mass is 10.0. The first-order chi connectivity index (χ1) is 10.2. The maximum Gasteiger partial charge on any atom is 0.256 e. The standard InChI is InChI=1S/C17H19FN2O/c18-16-9-12(3-2-8-19)6-7-15(16)17(21)20-10-13-4-1-5-14(13)11-20/h6-7,9,13-14H,1,4-5,8,10-11,19H2. The summed E-state index contributed by atoms with van der Waals surface area (Å²) in [5.74, 6) is 5.99. The normalized spacial score (nSPS) is 23.6. The van der Waals surface area contributed by atoms with Crippen molar-refractivity contribution < 1.29 is 9.18 Å². The van der Waals surface area contributed by atoms with Gasteiger partial charge in [0.2, 0.25) is 0 Å². The van der Waals surface area contributed by atoms with Crippen LogP contribution in [0.15, 0.2) is 18.2 Å². The van der Waals surface area contributed by atoms with Gasteiger partial charge < -0.3 is 10.6 Å². The molecule has 1 amide bonds. The Labute approximate surface area is 124 Å². The van der Waals surface area contributed by atoms with Crippen molar-refractivity contribution in [3.63, 3.8) is 0 Å². The maximum absolute atomic E-state index is 14.1. The fourth-order valence-corrected chi connectivity index (χ4v) is 3.49. The van der Waals surface area contributed by atoms with Crippen LogP contribution in [-0.4, -0.2) is 30.4 Å². The Kier molecular flexibility index (Phi) is 3.94. The third-order valence-electron chi connectivity index (χ3n) is 4.55. The zero-order chi connectivity index (χ0) is 14.8. The van der Waals surface area contributed by atoms with E-state index in [2.05, 4.69) is 11.8 Å². The summed E-state index contributed by atoms with van der Waals surface area (Å²) in [5.41, 5.74) is 5.99. The van der Waals surface area contributed by atoms with E-state index >= 15 is 0 Å². The molecule has 0 aromatic heterocycles. The SMILES string of the molecule is NCC#Cc1ccc(C(=O)N2CC3CCCC3C2)c(F)c1. The number of halogens is 1. The summed E-state index contributed by atoms with van der Waals surface area (Å²) < 4.78 is 14.1. The molecule has 1 aliphatic carbocycles. The van der Waals surface area contributed by atoms with Gasteiger partial charge in [0.1, 0.15) is 5.82 Å². The highest BCUT2D eigenvalue weighted by Gasteiger charge is 2.38. The maximum atomic E-state index is 14.1. The second-order valence-electron chi connectivity index (χ2n) is 5.86. The number of nitrogens with two attached hydrogens (primary N) is 1. The van der Waals surface area contributed by atoms with E-state index in [0.29, 0.717) is 17.4 Å². The van der Waals surface area contributed by atoms with Crippen LogP contribution in [0.3, 0.4) is 0 Å². The van der Waals surface area contributed by atoms with Crippen molar-refractivity contribution in [1.82, 2.24) is 4.90 Å². The Balaban J connectivity index is 1.76. The molecule has 4 heteroatoms. The molecule has 21 heavy (non-hydrogen) atoms. The van der Waals surface area contributed by atoms with Crippen molar-refractivity contribution in [3.05, 3.63) is 35.1 Å². The number of fused-ring (bicyclic) bond motifs is 1. The van der Waals surface area contributed by atoms with E-state index in [9.17, 15) is 9.18 Å². The number of carbonyl (C=O) groups is 1. The van der Waals surface area contributed by atoms with E-state index in [1.165, 1.54) is 31.4 Å². The van der Waals surface area contributed by atoms with Gasteiger partial charge in [-0.25, -0.2) is 4.39 Å². The number of nitrogens with zero attached hydrogens (tertiary/aromatic N) is 1. The van der Waals surface area contributed by atoms with Gasteiger partial charge in [-0.15, -0.1) is 0 Å². The minimum atomic E-state index is -0.499. The second-order valence-corrected chi connectivity index (χ2v) is 5.86. The van der Waals surface area contributed by atoms with Crippen molar-refractivity contribution in [1.29, 1.82) is 0 Å². The van der Waals surface area contributed by atoms with Gasteiger partial charge >= 0.3 is 0 Å². The Morgan fingerprint density at radius 3 is 2.67 bits per heavy atom. The van der Waals surface area contributed by atoms with Gasteiger partial charge in [-0.05, 0) is 42.9 Å². The third kappa shape index (κ3) is 2.79. The van der Waals surface area contributed by atoms with E-state index in [4.69, 9.17) is 5.73 Å². The lowest BCUT2D eigenvalue weighted by Gasteiger charge is -2.17. The van der Waals surface area contributed by atoms with Crippen LogP contribution in [0.5, 0.6) is 0 Å². The van der Waals surface area contributed by atoms with E-state index in [0.717, 1.165) is 13.1 Å². The number of hydrogen-bond donors (Lipinski definition) is 1. The zero-order valence-electron chi connectivity index (χ0n) is 11.9. The molecular weight excluding hydrogens is 267 g/mol. The highest BCUT2D eigenvalue weighted by atomic mass is 19.1. The molecule has 2 N–H and O–H groups in total. The lowest BCUT2D eigenvalue weighted by Crippen LogP contribution is -2.30. The molecule has 1 saturated heterocycles. The first-order valence-corrected chi connectivity index (χ1v) is 7.47.